The first-order valence-corrected chi connectivity index (χ1v) is 13.6. The molecular weight excluding hydrogens is 557 g/mol. The van der Waals surface area contributed by atoms with Gasteiger partial charge >= 0.3 is 6.18 Å². The Morgan fingerprint density at radius 1 is 1.07 bits per heavy atom. The number of carbonyl (C=O) groups is 2. The van der Waals surface area contributed by atoms with Gasteiger partial charge in [-0.3, -0.25) is 9.59 Å². The molecule has 0 aromatic heterocycles. The fourth-order valence-electron chi connectivity index (χ4n) is 5.04. The Morgan fingerprint density at radius 3 is 2.49 bits per heavy atom. The van der Waals surface area contributed by atoms with Crippen molar-refractivity contribution in [1.82, 2.24) is 10.2 Å². The van der Waals surface area contributed by atoms with E-state index in [4.69, 9.17) is 22.1 Å². The monoisotopic (exact) mass is 588 g/mol. The van der Waals surface area contributed by atoms with Crippen LogP contribution in [0, 0.1) is 0 Å². The minimum Gasteiger partial charge on any atom is -0.496 e. The quantitative estimate of drug-likeness (QED) is 0.365. The van der Waals surface area contributed by atoms with Crippen molar-refractivity contribution in [2.45, 2.75) is 25.6 Å². The minimum absolute atomic E-state index is 0.0194. The Hall–Kier alpha value is -3.76. The minimum atomic E-state index is -4.56. The number of methoxy groups -OCH3 is 1. The topological polar surface area (TPSA) is 87.9 Å². The number of rotatable bonds is 8. The highest BCUT2D eigenvalue weighted by atomic mass is 35.5. The fourth-order valence-corrected chi connectivity index (χ4v) is 5.30. The molecule has 218 valence electrons. The van der Waals surface area contributed by atoms with Crippen LogP contribution in [0.15, 0.2) is 60.7 Å². The molecule has 3 aromatic carbocycles. The first kappa shape index (κ1) is 30.2. The molecular formula is C30H32ClF3N4O3. The van der Waals surface area contributed by atoms with Gasteiger partial charge in [-0.25, -0.2) is 0 Å². The molecule has 2 amide bonds. The molecule has 7 nitrogen and oxygen atoms in total. The lowest BCUT2D eigenvalue weighted by atomic mass is 9.98. The molecule has 0 unspecified atom stereocenters. The summed E-state index contributed by atoms with van der Waals surface area (Å²) in [4.78, 5) is 30.3. The SMILES string of the molecule is CC[C@@H]1CN(C(=O)c2ccc(C(F)(F)F)cc2Cl)CCN1c1ccc(-c2ccccc2OC)cc1C(=O)NCCN. The van der Waals surface area contributed by atoms with E-state index in [1.54, 1.807) is 12.0 Å². The molecule has 1 atom stereocenters. The number of nitrogens with zero attached hydrogens (tertiary/aromatic N) is 2. The highest BCUT2D eigenvalue weighted by Crippen LogP contribution is 2.36. The van der Waals surface area contributed by atoms with Crippen molar-refractivity contribution in [3.8, 4) is 16.9 Å². The molecule has 3 N–H and O–H groups in total. The predicted octanol–water partition coefficient (Wildman–Crippen LogP) is 5.46. The molecule has 1 saturated heterocycles. The van der Waals surface area contributed by atoms with Crippen LogP contribution in [-0.2, 0) is 6.18 Å². The predicted molar refractivity (Wildman–Crippen MR) is 154 cm³/mol. The van der Waals surface area contributed by atoms with E-state index >= 15 is 0 Å². The number of piperazine rings is 1. The van der Waals surface area contributed by atoms with Crippen molar-refractivity contribution < 1.29 is 27.5 Å². The number of nitrogens with two attached hydrogens (primary N) is 1. The first-order chi connectivity index (χ1) is 19.6. The largest absolute Gasteiger partial charge is 0.496 e. The number of benzene rings is 3. The van der Waals surface area contributed by atoms with Crippen LogP contribution < -0.4 is 20.7 Å². The van der Waals surface area contributed by atoms with Crippen molar-refractivity contribution in [2.24, 2.45) is 5.73 Å². The van der Waals surface area contributed by atoms with Gasteiger partial charge in [-0.1, -0.05) is 42.8 Å². The van der Waals surface area contributed by atoms with Gasteiger partial charge in [-0.05, 0) is 48.4 Å². The molecule has 0 saturated carbocycles. The molecule has 0 bridgehead atoms. The number of anilines is 1. The van der Waals surface area contributed by atoms with Crippen LogP contribution in [0.1, 0.15) is 39.6 Å². The molecule has 0 radical (unpaired) electrons. The molecule has 0 aliphatic carbocycles. The molecule has 1 aliphatic rings. The molecule has 11 heteroatoms. The lowest BCUT2D eigenvalue weighted by molar-refractivity contribution is -0.137. The van der Waals surface area contributed by atoms with Gasteiger partial charge < -0.3 is 25.6 Å². The van der Waals surface area contributed by atoms with Gasteiger partial charge in [0, 0.05) is 50.0 Å². The summed E-state index contributed by atoms with van der Waals surface area (Å²) < 4.78 is 44.7. The van der Waals surface area contributed by atoms with Gasteiger partial charge in [0.2, 0.25) is 0 Å². The van der Waals surface area contributed by atoms with Gasteiger partial charge in [0.25, 0.3) is 11.8 Å². The van der Waals surface area contributed by atoms with Gasteiger partial charge in [-0.15, -0.1) is 0 Å². The van der Waals surface area contributed by atoms with Crippen molar-refractivity contribution in [1.29, 1.82) is 0 Å². The maximum absolute atomic E-state index is 13.3. The van der Waals surface area contributed by atoms with Crippen LogP contribution in [-0.4, -0.2) is 62.6 Å². The van der Waals surface area contributed by atoms with E-state index in [2.05, 4.69) is 10.2 Å². The fraction of sp³-hybridized carbons (Fsp3) is 0.333. The number of carbonyl (C=O) groups excluding carboxylic acids is 2. The molecule has 1 heterocycles. The van der Waals surface area contributed by atoms with E-state index < -0.39 is 17.6 Å². The van der Waals surface area contributed by atoms with E-state index in [9.17, 15) is 22.8 Å². The third kappa shape index (κ3) is 6.60. The number of para-hydroxylation sites is 1. The lowest BCUT2D eigenvalue weighted by Crippen LogP contribution is -2.55. The van der Waals surface area contributed by atoms with Crippen molar-refractivity contribution >= 4 is 29.1 Å². The normalized spacial score (nSPS) is 15.5. The Morgan fingerprint density at radius 2 is 1.83 bits per heavy atom. The highest BCUT2D eigenvalue weighted by Gasteiger charge is 2.34. The van der Waals surface area contributed by atoms with Crippen LogP contribution in [0.3, 0.4) is 0 Å². The molecule has 1 fully saturated rings. The van der Waals surface area contributed by atoms with Crippen LogP contribution in [0.4, 0.5) is 18.9 Å². The molecule has 1 aliphatic heterocycles. The van der Waals surface area contributed by atoms with Crippen LogP contribution in [0.2, 0.25) is 5.02 Å². The number of nitrogens with one attached hydrogen (secondary N) is 1. The number of alkyl halides is 3. The Bertz CT molecular complexity index is 1420. The summed E-state index contributed by atoms with van der Waals surface area (Å²) in [5.74, 6) is -0.0320. The smallest absolute Gasteiger partial charge is 0.416 e. The average Bonchev–Trinajstić information content (AvgIpc) is 2.98. The van der Waals surface area contributed by atoms with E-state index in [-0.39, 0.29) is 29.1 Å². The number of ether oxygens (including phenoxy) is 1. The standard InChI is InChI=1S/C30H32ClF3N4O3/c1-3-21-18-37(29(40)23-10-9-20(17-25(23)31)30(32,33)34)14-15-38(21)26-11-8-19(16-24(26)28(39)36-13-12-35)22-6-4-5-7-27(22)41-2/h4-11,16-17,21H,3,12-15,18,35H2,1-2H3,(H,36,39)/t21-/m1/s1. The second kappa shape index (κ2) is 12.8. The summed E-state index contributed by atoms with van der Waals surface area (Å²) in [5, 5.41) is 2.61. The Kier molecular flexibility index (Phi) is 9.45. The summed E-state index contributed by atoms with van der Waals surface area (Å²) in [7, 11) is 1.59. The van der Waals surface area contributed by atoms with Gasteiger partial charge in [0.1, 0.15) is 5.75 Å². The Labute approximate surface area is 242 Å². The van der Waals surface area contributed by atoms with Crippen molar-refractivity contribution in [3.63, 3.8) is 0 Å². The number of halogens is 4. The van der Waals surface area contributed by atoms with Gasteiger partial charge in [-0.2, -0.15) is 13.2 Å². The summed E-state index contributed by atoms with van der Waals surface area (Å²) in [6.45, 7) is 3.60. The number of hydrogen-bond donors (Lipinski definition) is 2. The van der Waals surface area contributed by atoms with Crippen LogP contribution in [0.25, 0.3) is 11.1 Å². The van der Waals surface area contributed by atoms with Gasteiger partial charge in [0.15, 0.2) is 0 Å². The van der Waals surface area contributed by atoms with Gasteiger partial charge in [0.05, 0.1) is 28.8 Å². The van der Waals surface area contributed by atoms with E-state index in [1.165, 1.54) is 0 Å². The molecule has 4 rings (SSSR count). The van der Waals surface area contributed by atoms with Crippen molar-refractivity contribution in [3.05, 3.63) is 82.4 Å². The number of amides is 2. The third-order valence-electron chi connectivity index (χ3n) is 7.17. The molecule has 41 heavy (non-hydrogen) atoms. The Balaban J connectivity index is 1.63. The van der Waals surface area contributed by atoms with E-state index in [0.717, 1.165) is 29.3 Å². The summed E-state index contributed by atoms with van der Waals surface area (Å²) in [5.41, 5.74) is 7.56. The lowest BCUT2D eigenvalue weighted by Gasteiger charge is -2.43. The van der Waals surface area contributed by atoms with E-state index in [0.29, 0.717) is 49.6 Å². The average molecular weight is 589 g/mol. The molecule has 3 aromatic rings. The third-order valence-corrected chi connectivity index (χ3v) is 7.48. The zero-order chi connectivity index (χ0) is 29.7. The van der Waals surface area contributed by atoms with E-state index in [1.807, 2.05) is 49.4 Å². The second-order valence-electron chi connectivity index (χ2n) is 9.68. The summed E-state index contributed by atoms with van der Waals surface area (Å²) >= 11 is 6.11. The summed E-state index contributed by atoms with van der Waals surface area (Å²) in [6, 6.07) is 15.8. The first-order valence-electron chi connectivity index (χ1n) is 13.3. The zero-order valence-electron chi connectivity index (χ0n) is 22.8. The maximum Gasteiger partial charge on any atom is 0.416 e. The van der Waals surface area contributed by atoms with Crippen LogP contribution in [0.5, 0.6) is 5.75 Å². The number of hydrogen-bond acceptors (Lipinski definition) is 5. The summed E-state index contributed by atoms with van der Waals surface area (Å²) in [6.07, 6.45) is -3.90. The highest BCUT2D eigenvalue weighted by molar-refractivity contribution is 6.33. The zero-order valence-corrected chi connectivity index (χ0v) is 23.6. The van der Waals surface area contributed by atoms with Crippen LogP contribution >= 0.6 is 11.6 Å². The second-order valence-corrected chi connectivity index (χ2v) is 10.1. The maximum atomic E-state index is 13.3. The van der Waals surface area contributed by atoms with Crippen molar-refractivity contribution in [2.75, 3.05) is 44.7 Å². The molecule has 0 spiro atoms.